The van der Waals surface area contributed by atoms with Crippen LogP contribution in [0.3, 0.4) is 0 Å². The molecular weight excluding hydrogens is 324 g/mol. The van der Waals surface area contributed by atoms with Gasteiger partial charge in [-0.1, -0.05) is 0 Å². The Morgan fingerprint density at radius 1 is 1.36 bits per heavy atom. The number of sulfone groups is 1. The summed E-state index contributed by atoms with van der Waals surface area (Å²) in [4.78, 5) is 25.5. The zero-order valence-corrected chi connectivity index (χ0v) is 13.7. The van der Waals surface area contributed by atoms with E-state index in [1.54, 1.807) is 16.3 Å². The molecule has 2 atom stereocenters. The van der Waals surface area contributed by atoms with Crippen molar-refractivity contribution in [3.63, 3.8) is 0 Å². The lowest BCUT2D eigenvalue weighted by molar-refractivity contribution is -0.130. The fourth-order valence-corrected chi connectivity index (χ4v) is 5.92. The van der Waals surface area contributed by atoms with Crippen LogP contribution in [-0.2, 0) is 14.6 Å². The zero-order valence-electron chi connectivity index (χ0n) is 12.0. The van der Waals surface area contributed by atoms with Gasteiger partial charge in [0, 0.05) is 37.0 Å². The quantitative estimate of drug-likeness (QED) is 0.864. The molecule has 1 aromatic heterocycles. The molecule has 0 saturated carbocycles. The van der Waals surface area contributed by atoms with E-state index in [0.29, 0.717) is 25.1 Å². The molecule has 22 heavy (non-hydrogen) atoms. The fraction of sp³-hybridized carbons (Fsp3) is 0.571. The third-order valence-electron chi connectivity index (χ3n) is 4.38. The maximum absolute atomic E-state index is 12.1. The molecule has 2 fully saturated rings. The molecule has 3 heterocycles. The van der Waals surface area contributed by atoms with Crippen LogP contribution < -0.4 is 5.32 Å². The second-order valence-electron chi connectivity index (χ2n) is 5.77. The first-order valence-electron chi connectivity index (χ1n) is 7.27. The Labute approximate surface area is 133 Å². The number of hydrogen-bond donors (Lipinski definition) is 1. The SMILES string of the molecule is O=C(NCCC(=O)N1C[C@@H]2CCS(=O)(=O)[C@@H]2C1)c1ccsc1. The van der Waals surface area contributed by atoms with E-state index in [1.807, 2.05) is 5.38 Å². The van der Waals surface area contributed by atoms with Gasteiger partial charge < -0.3 is 10.2 Å². The van der Waals surface area contributed by atoms with E-state index in [1.165, 1.54) is 11.3 Å². The van der Waals surface area contributed by atoms with Gasteiger partial charge in [0.15, 0.2) is 9.84 Å². The molecule has 2 aliphatic heterocycles. The highest BCUT2D eigenvalue weighted by atomic mass is 32.2. The number of amides is 2. The number of thiophene rings is 1. The monoisotopic (exact) mass is 342 g/mol. The minimum absolute atomic E-state index is 0.0878. The Bertz CT molecular complexity index is 669. The Morgan fingerprint density at radius 2 is 2.18 bits per heavy atom. The summed E-state index contributed by atoms with van der Waals surface area (Å²) < 4.78 is 23.7. The lowest BCUT2D eigenvalue weighted by Crippen LogP contribution is -2.35. The Kier molecular flexibility index (Phi) is 4.22. The normalized spacial score (nSPS) is 25.9. The van der Waals surface area contributed by atoms with Crippen molar-refractivity contribution in [3.8, 4) is 0 Å². The van der Waals surface area contributed by atoms with Crippen molar-refractivity contribution in [2.75, 3.05) is 25.4 Å². The molecule has 0 radical (unpaired) electrons. The summed E-state index contributed by atoms with van der Waals surface area (Å²) in [7, 11) is -3.02. The molecule has 2 amide bonds. The van der Waals surface area contributed by atoms with Gasteiger partial charge in [0.05, 0.1) is 11.0 Å². The number of fused-ring (bicyclic) bond motifs is 1. The van der Waals surface area contributed by atoms with E-state index in [4.69, 9.17) is 0 Å². The molecule has 6 nitrogen and oxygen atoms in total. The van der Waals surface area contributed by atoms with E-state index in [2.05, 4.69) is 5.32 Å². The first-order valence-corrected chi connectivity index (χ1v) is 9.93. The molecule has 8 heteroatoms. The number of hydrogen-bond acceptors (Lipinski definition) is 5. The summed E-state index contributed by atoms with van der Waals surface area (Å²) in [5.74, 6) is 0.0700. The predicted octanol–water partition coefficient (Wildman–Crippen LogP) is 0.514. The van der Waals surface area contributed by atoms with E-state index < -0.39 is 9.84 Å². The number of rotatable bonds is 4. The summed E-state index contributed by atoms with van der Waals surface area (Å²) in [6.45, 7) is 1.11. The summed E-state index contributed by atoms with van der Waals surface area (Å²) in [5.41, 5.74) is 0.597. The molecule has 0 aromatic carbocycles. The van der Waals surface area contributed by atoms with Crippen LogP contribution in [0.1, 0.15) is 23.2 Å². The van der Waals surface area contributed by atoms with Gasteiger partial charge in [0.25, 0.3) is 5.91 Å². The average molecular weight is 342 g/mol. The van der Waals surface area contributed by atoms with Crippen molar-refractivity contribution in [1.82, 2.24) is 10.2 Å². The van der Waals surface area contributed by atoms with Crippen molar-refractivity contribution < 1.29 is 18.0 Å². The van der Waals surface area contributed by atoms with E-state index in [9.17, 15) is 18.0 Å². The van der Waals surface area contributed by atoms with Crippen LogP contribution in [0, 0.1) is 5.92 Å². The molecule has 0 aliphatic carbocycles. The average Bonchev–Trinajstić information content (AvgIpc) is 3.18. The van der Waals surface area contributed by atoms with E-state index >= 15 is 0 Å². The highest BCUT2D eigenvalue weighted by molar-refractivity contribution is 7.92. The first kappa shape index (κ1) is 15.5. The summed E-state index contributed by atoms with van der Waals surface area (Å²) in [6.07, 6.45) is 0.862. The van der Waals surface area contributed by atoms with Gasteiger partial charge >= 0.3 is 0 Å². The van der Waals surface area contributed by atoms with Crippen molar-refractivity contribution >= 4 is 33.0 Å². The topological polar surface area (TPSA) is 83.6 Å². The van der Waals surface area contributed by atoms with Crippen LogP contribution in [0.5, 0.6) is 0 Å². The van der Waals surface area contributed by atoms with E-state index in [-0.39, 0.29) is 41.7 Å². The second-order valence-corrected chi connectivity index (χ2v) is 8.89. The number of nitrogens with one attached hydrogen (secondary N) is 1. The lowest BCUT2D eigenvalue weighted by atomic mass is 10.1. The van der Waals surface area contributed by atoms with Crippen LogP contribution in [-0.4, -0.2) is 55.8 Å². The molecule has 2 aliphatic rings. The number of likely N-dealkylation sites (tertiary alicyclic amines) is 1. The summed E-state index contributed by atoms with van der Waals surface area (Å²) >= 11 is 1.44. The van der Waals surface area contributed by atoms with Crippen molar-refractivity contribution in [2.45, 2.75) is 18.1 Å². The zero-order chi connectivity index (χ0) is 15.7. The Hall–Kier alpha value is -1.41. The molecular formula is C14H18N2O4S2. The maximum Gasteiger partial charge on any atom is 0.252 e. The van der Waals surface area contributed by atoms with Gasteiger partial charge in [-0.2, -0.15) is 11.3 Å². The van der Waals surface area contributed by atoms with Crippen molar-refractivity contribution in [1.29, 1.82) is 0 Å². The number of carbonyl (C=O) groups excluding carboxylic acids is 2. The van der Waals surface area contributed by atoms with Gasteiger partial charge in [0.2, 0.25) is 5.91 Å². The van der Waals surface area contributed by atoms with Crippen molar-refractivity contribution in [2.24, 2.45) is 5.92 Å². The number of carbonyl (C=O) groups is 2. The van der Waals surface area contributed by atoms with E-state index in [0.717, 1.165) is 0 Å². The van der Waals surface area contributed by atoms with Crippen LogP contribution in [0.2, 0.25) is 0 Å². The largest absolute Gasteiger partial charge is 0.351 e. The molecule has 3 rings (SSSR count). The predicted molar refractivity (Wildman–Crippen MR) is 83.5 cm³/mol. The molecule has 0 unspecified atom stereocenters. The molecule has 0 spiro atoms. The molecule has 1 N–H and O–H groups in total. The van der Waals surface area contributed by atoms with Gasteiger partial charge in [-0.15, -0.1) is 0 Å². The molecule has 120 valence electrons. The minimum atomic E-state index is -3.02. The van der Waals surface area contributed by atoms with Gasteiger partial charge in [-0.25, -0.2) is 8.42 Å². The van der Waals surface area contributed by atoms with Crippen LogP contribution in [0.25, 0.3) is 0 Å². The maximum atomic E-state index is 12.1. The molecule has 0 bridgehead atoms. The third-order valence-corrected chi connectivity index (χ3v) is 7.32. The number of nitrogens with zero attached hydrogens (tertiary/aromatic N) is 1. The lowest BCUT2D eigenvalue weighted by Gasteiger charge is -2.17. The fourth-order valence-electron chi connectivity index (χ4n) is 3.13. The highest BCUT2D eigenvalue weighted by Crippen LogP contribution is 2.33. The van der Waals surface area contributed by atoms with Gasteiger partial charge in [0.1, 0.15) is 0 Å². The summed E-state index contributed by atoms with van der Waals surface area (Å²) in [5, 5.41) is 5.91. The first-order chi connectivity index (χ1) is 10.5. The highest BCUT2D eigenvalue weighted by Gasteiger charge is 2.47. The van der Waals surface area contributed by atoms with Crippen LogP contribution in [0.15, 0.2) is 16.8 Å². The molecule has 2 saturated heterocycles. The minimum Gasteiger partial charge on any atom is -0.351 e. The Balaban J connectivity index is 1.47. The van der Waals surface area contributed by atoms with Gasteiger partial charge in [-0.3, -0.25) is 9.59 Å². The van der Waals surface area contributed by atoms with Crippen LogP contribution in [0.4, 0.5) is 0 Å². The van der Waals surface area contributed by atoms with Gasteiger partial charge in [-0.05, 0) is 23.8 Å². The summed E-state index contributed by atoms with van der Waals surface area (Å²) in [6, 6.07) is 1.73. The second kappa shape index (κ2) is 6.00. The Morgan fingerprint density at radius 3 is 2.86 bits per heavy atom. The smallest absolute Gasteiger partial charge is 0.252 e. The van der Waals surface area contributed by atoms with Crippen molar-refractivity contribution in [3.05, 3.63) is 22.4 Å². The van der Waals surface area contributed by atoms with Crippen LogP contribution >= 0.6 is 11.3 Å². The standard InChI is InChI=1S/C14H18N2O4S2/c17-13(1-4-15-14(18)11-2-5-21-9-11)16-7-10-3-6-22(19,20)12(10)8-16/h2,5,9-10,12H,1,3-4,6-8H2,(H,15,18)/t10-,12+/m0/s1. The third kappa shape index (κ3) is 3.03. The molecule has 1 aromatic rings.